The van der Waals surface area contributed by atoms with Gasteiger partial charge in [0.15, 0.2) is 0 Å². The van der Waals surface area contributed by atoms with E-state index in [-0.39, 0.29) is 5.91 Å². The molecule has 2 aliphatic rings. The Balaban J connectivity index is 1.76. The summed E-state index contributed by atoms with van der Waals surface area (Å²) in [4.78, 5) is 21.7. The second kappa shape index (κ2) is 7.22. The minimum Gasteiger partial charge on any atom is -0.345 e. The van der Waals surface area contributed by atoms with E-state index < -0.39 is 5.54 Å². The van der Waals surface area contributed by atoms with Crippen molar-refractivity contribution >= 4 is 16.9 Å². The zero-order chi connectivity index (χ0) is 18.9. The van der Waals surface area contributed by atoms with E-state index in [4.69, 9.17) is 0 Å². The number of rotatable bonds is 4. The molecular formula is C20H24N6O. The van der Waals surface area contributed by atoms with E-state index in [0.29, 0.717) is 41.4 Å². The highest BCUT2D eigenvalue weighted by atomic mass is 16.1. The van der Waals surface area contributed by atoms with Crippen LogP contribution in [0, 0.1) is 23.2 Å². The number of nitrogens with one attached hydrogen (secondary N) is 3. The lowest BCUT2D eigenvalue weighted by Crippen LogP contribution is -2.58. The first-order chi connectivity index (χ1) is 13.1. The molecule has 0 spiro atoms. The van der Waals surface area contributed by atoms with Crippen LogP contribution in [0.5, 0.6) is 0 Å². The fourth-order valence-corrected chi connectivity index (χ4v) is 4.24. The second-order valence-corrected chi connectivity index (χ2v) is 7.82. The minimum atomic E-state index is -0.547. The first kappa shape index (κ1) is 17.8. The first-order valence-electron chi connectivity index (χ1n) is 9.48. The molecule has 3 N–H and O–H groups in total. The number of amides is 1. The van der Waals surface area contributed by atoms with E-state index in [9.17, 15) is 10.1 Å². The van der Waals surface area contributed by atoms with Crippen LogP contribution < -0.4 is 16.0 Å². The van der Waals surface area contributed by atoms with Gasteiger partial charge in [-0.05, 0) is 44.0 Å². The molecule has 1 aromatic heterocycles. The molecule has 140 valence electrons. The average Bonchev–Trinajstić information content (AvgIpc) is 2.64. The van der Waals surface area contributed by atoms with Gasteiger partial charge < -0.3 is 16.0 Å². The van der Waals surface area contributed by atoms with Crippen molar-refractivity contribution in [1.29, 1.82) is 5.26 Å². The van der Waals surface area contributed by atoms with E-state index in [1.165, 1.54) is 0 Å². The van der Waals surface area contributed by atoms with Crippen molar-refractivity contribution < 1.29 is 4.79 Å². The maximum Gasteiger partial charge on any atom is 0.221 e. The number of hydrogen-bond acceptors (Lipinski definition) is 6. The largest absolute Gasteiger partial charge is 0.345 e. The Kier molecular flexibility index (Phi) is 4.77. The number of carbonyl (C=O) groups excluding carboxylic acids is 1. The molecule has 27 heavy (non-hydrogen) atoms. The molecule has 0 bridgehead atoms. The smallest absolute Gasteiger partial charge is 0.221 e. The number of fused-ring (bicyclic) bond motifs is 1. The van der Waals surface area contributed by atoms with Crippen LogP contribution in [0.4, 0.5) is 0 Å². The molecular weight excluding hydrogens is 340 g/mol. The Bertz CT molecular complexity index is 903. The molecule has 2 atom stereocenters. The number of nitrogens with zero attached hydrogens (tertiary/aromatic N) is 3. The summed E-state index contributed by atoms with van der Waals surface area (Å²) in [6.07, 6.45) is 4.60. The van der Waals surface area contributed by atoms with Gasteiger partial charge in [0, 0.05) is 30.9 Å². The standard InChI is InChI=1S/C20H24N6O/c1-13-7-20(12-23-9-13,26-17(27)6-14-10-22-11-14)16-3-2-15(8-21)18-19(16)25-5-4-24-18/h2-5,13-14,22-23H,6-7,9-12H2,1H3,(H,26,27)/t13-,20-/m0/s1. The quantitative estimate of drug-likeness (QED) is 0.749. The topological polar surface area (TPSA) is 103 Å². The fourth-order valence-electron chi connectivity index (χ4n) is 4.24. The van der Waals surface area contributed by atoms with Crippen LogP contribution in [-0.2, 0) is 10.3 Å². The maximum absolute atomic E-state index is 12.8. The lowest BCUT2D eigenvalue weighted by Gasteiger charge is -2.42. The molecule has 0 aliphatic carbocycles. The van der Waals surface area contributed by atoms with E-state index in [2.05, 4.69) is 38.9 Å². The summed E-state index contributed by atoms with van der Waals surface area (Å²) in [5.74, 6) is 0.888. The molecule has 0 unspecified atom stereocenters. The van der Waals surface area contributed by atoms with Crippen LogP contribution in [0.15, 0.2) is 24.5 Å². The van der Waals surface area contributed by atoms with Gasteiger partial charge in [-0.25, -0.2) is 0 Å². The van der Waals surface area contributed by atoms with E-state index in [0.717, 1.165) is 31.6 Å². The lowest BCUT2D eigenvalue weighted by atomic mass is 9.77. The van der Waals surface area contributed by atoms with Crippen molar-refractivity contribution in [2.24, 2.45) is 11.8 Å². The maximum atomic E-state index is 12.8. The third kappa shape index (κ3) is 3.38. The molecule has 0 saturated carbocycles. The van der Waals surface area contributed by atoms with Crippen molar-refractivity contribution in [2.45, 2.75) is 25.3 Å². The van der Waals surface area contributed by atoms with Crippen LogP contribution in [-0.4, -0.2) is 42.1 Å². The molecule has 0 radical (unpaired) electrons. The zero-order valence-corrected chi connectivity index (χ0v) is 15.5. The van der Waals surface area contributed by atoms with Crippen molar-refractivity contribution in [1.82, 2.24) is 25.9 Å². The molecule has 1 amide bonds. The highest BCUT2D eigenvalue weighted by molar-refractivity contribution is 5.86. The van der Waals surface area contributed by atoms with Gasteiger partial charge in [-0.2, -0.15) is 5.26 Å². The van der Waals surface area contributed by atoms with Gasteiger partial charge in [0.2, 0.25) is 5.91 Å². The van der Waals surface area contributed by atoms with Crippen molar-refractivity contribution in [2.75, 3.05) is 26.2 Å². The molecule has 2 saturated heterocycles. The SMILES string of the molecule is C[C@@H]1CNC[C@](NC(=O)CC2CNC2)(c2ccc(C#N)c3nccnc23)C1. The summed E-state index contributed by atoms with van der Waals surface area (Å²) >= 11 is 0. The molecule has 3 heterocycles. The Hall–Kier alpha value is -2.56. The summed E-state index contributed by atoms with van der Waals surface area (Å²) in [6, 6.07) is 5.91. The number of nitriles is 1. The van der Waals surface area contributed by atoms with Gasteiger partial charge in [0.25, 0.3) is 0 Å². The Morgan fingerprint density at radius 2 is 2.04 bits per heavy atom. The predicted molar refractivity (Wildman–Crippen MR) is 102 cm³/mol. The fraction of sp³-hybridized carbons (Fsp3) is 0.500. The number of hydrogen-bond donors (Lipinski definition) is 3. The highest BCUT2D eigenvalue weighted by Crippen LogP contribution is 2.35. The van der Waals surface area contributed by atoms with Crippen molar-refractivity contribution in [3.05, 3.63) is 35.7 Å². The van der Waals surface area contributed by atoms with Gasteiger partial charge in [-0.3, -0.25) is 14.8 Å². The summed E-state index contributed by atoms with van der Waals surface area (Å²) in [5.41, 5.74) is 2.17. The van der Waals surface area contributed by atoms with Gasteiger partial charge in [-0.1, -0.05) is 13.0 Å². The average molecular weight is 364 g/mol. The van der Waals surface area contributed by atoms with Crippen molar-refractivity contribution in [3.8, 4) is 6.07 Å². The molecule has 7 heteroatoms. The molecule has 1 aromatic carbocycles. The Morgan fingerprint density at radius 1 is 1.26 bits per heavy atom. The molecule has 2 aliphatic heterocycles. The predicted octanol–water partition coefficient (Wildman–Crippen LogP) is 1.05. The van der Waals surface area contributed by atoms with Crippen LogP contribution in [0.3, 0.4) is 0 Å². The third-order valence-corrected chi connectivity index (χ3v) is 5.60. The Morgan fingerprint density at radius 3 is 2.70 bits per heavy atom. The van der Waals surface area contributed by atoms with Crippen molar-refractivity contribution in [3.63, 3.8) is 0 Å². The summed E-state index contributed by atoms with van der Waals surface area (Å²) < 4.78 is 0. The van der Waals surface area contributed by atoms with E-state index in [1.54, 1.807) is 18.5 Å². The Labute approximate surface area is 158 Å². The molecule has 2 aromatic rings. The highest BCUT2D eigenvalue weighted by Gasteiger charge is 2.40. The lowest BCUT2D eigenvalue weighted by molar-refractivity contribution is -0.124. The monoisotopic (exact) mass is 364 g/mol. The van der Waals surface area contributed by atoms with Crippen LogP contribution >= 0.6 is 0 Å². The normalized spacial score (nSPS) is 25.6. The van der Waals surface area contributed by atoms with Crippen LogP contribution in [0.25, 0.3) is 11.0 Å². The second-order valence-electron chi connectivity index (χ2n) is 7.82. The molecule has 7 nitrogen and oxygen atoms in total. The van der Waals surface area contributed by atoms with Gasteiger partial charge in [-0.15, -0.1) is 0 Å². The first-order valence-corrected chi connectivity index (χ1v) is 9.48. The van der Waals surface area contributed by atoms with Crippen LogP contribution in [0.2, 0.25) is 0 Å². The zero-order valence-electron chi connectivity index (χ0n) is 15.5. The molecule has 2 fully saturated rings. The van der Waals surface area contributed by atoms with Crippen LogP contribution in [0.1, 0.15) is 30.9 Å². The van der Waals surface area contributed by atoms with E-state index in [1.807, 2.05) is 6.07 Å². The summed E-state index contributed by atoms with van der Waals surface area (Å²) in [5, 5.41) is 19.4. The minimum absolute atomic E-state index is 0.0683. The molecule has 4 rings (SSSR count). The van der Waals surface area contributed by atoms with Gasteiger partial charge >= 0.3 is 0 Å². The third-order valence-electron chi connectivity index (χ3n) is 5.60. The van der Waals surface area contributed by atoms with E-state index >= 15 is 0 Å². The number of aromatic nitrogens is 2. The number of carbonyl (C=O) groups is 1. The van der Waals surface area contributed by atoms with Gasteiger partial charge in [0.1, 0.15) is 11.6 Å². The number of benzene rings is 1. The number of piperidine rings is 1. The van der Waals surface area contributed by atoms with Gasteiger partial charge in [0.05, 0.1) is 16.6 Å². The summed E-state index contributed by atoms with van der Waals surface area (Å²) in [6.45, 7) is 5.55. The summed E-state index contributed by atoms with van der Waals surface area (Å²) in [7, 11) is 0.